The van der Waals surface area contributed by atoms with Gasteiger partial charge in [0.2, 0.25) is 10.0 Å². The lowest BCUT2D eigenvalue weighted by molar-refractivity contribution is 0.346. The summed E-state index contributed by atoms with van der Waals surface area (Å²) in [5.74, 6) is 0.714. The Labute approximate surface area is 150 Å². The van der Waals surface area contributed by atoms with Crippen molar-refractivity contribution in [2.45, 2.75) is 37.0 Å². The van der Waals surface area contributed by atoms with Crippen LogP contribution in [0, 0.1) is 0 Å². The predicted octanol–water partition coefficient (Wildman–Crippen LogP) is 3.30. The number of aromatic nitrogens is 1. The standard InChI is InChI=1S/C19H25N3O2S/c23-25(24,22-14-5-2-6-15-22)18-11-12-19(21-16-18)20-13-7-10-17-8-3-1-4-9-17/h1,3-4,8-9,11-12,16H,2,5-7,10,13-15H2,(H,20,21). The second-order valence-electron chi connectivity index (χ2n) is 6.36. The van der Waals surface area contributed by atoms with Gasteiger partial charge >= 0.3 is 0 Å². The van der Waals surface area contributed by atoms with Crippen molar-refractivity contribution in [3.05, 3.63) is 54.2 Å². The van der Waals surface area contributed by atoms with Crippen molar-refractivity contribution in [3.8, 4) is 0 Å². The molecule has 0 saturated carbocycles. The number of benzene rings is 1. The monoisotopic (exact) mass is 359 g/mol. The molecule has 134 valence electrons. The van der Waals surface area contributed by atoms with E-state index in [-0.39, 0.29) is 4.90 Å². The Balaban J connectivity index is 1.51. The fourth-order valence-corrected chi connectivity index (χ4v) is 4.51. The third kappa shape index (κ3) is 4.80. The molecule has 5 nitrogen and oxygen atoms in total. The summed E-state index contributed by atoms with van der Waals surface area (Å²) < 4.78 is 26.7. The molecule has 0 aliphatic carbocycles. The Morgan fingerprint density at radius 3 is 2.44 bits per heavy atom. The summed E-state index contributed by atoms with van der Waals surface area (Å²) in [5.41, 5.74) is 1.32. The number of hydrogen-bond donors (Lipinski definition) is 1. The number of rotatable bonds is 7. The highest BCUT2D eigenvalue weighted by Crippen LogP contribution is 2.20. The highest BCUT2D eigenvalue weighted by molar-refractivity contribution is 7.89. The van der Waals surface area contributed by atoms with E-state index < -0.39 is 10.0 Å². The largest absolute Gasteiger partial charge is 0.370 e. The van der Waals surface area contributed by atoms with Gasteiger partial charge in [-0.2, -0.15) is 4.31 Å². The van der Waals surface area contributed by atoms with Gasteiger partial charge in [0.25, 0.3) is 0 Å². The Bertz CT molecular complexity index is 755. The van der Waals surface area contributed by atoms with Crippen LogP contribution >= 0.6 is 0 Å². The summed E-state index contributed by atoms with van der Waals surface area (Å²) in [6.07, 6.45) is 6.45. The van der Waals surface area contributed by atoms with Crippen LogP contribution in [0.2, 0.25) is 0 Å². The molecule has 0 radical (unpaired) electrons. The SMILES string of the molecule is O=S(=O)(c1ccc(NCCCc2ccccc2)nc1)N1CCCCC1. The Kier molecular flexibility index (Phi) is 6.04. The molecule has 0 spiro atoms. The molecule has 1 aromatic heterocycles. The number of nitrogens with one attached hydrogen (secondary N) is 1. The second kappa shape index (κ2) is 8.45. The number of nitrogens with zero attached hydrogens (tertiary/aromatic N) is 2. The third-order valence-corrected chi connectivity index (χ3v) is 6.36. The summed E-state index contributed by atoms with van der Waals surface area (Å²) in [5, 5.41) is 3.25. The summed E-state index contributed by atoms with van der Waals surface area (Å²) in [6, 6.07) is 13.8. The number of sulfonamides is 1. The molecule has 1 fully saturated rings. The molecule has 1 saturated heterocycles. The van der Waals surface area contributed by atoms with Gasteiger partial charge in [-0.05, 0) is 43.4 Å². The van der Waals surface area contributed by atoms with Gasteiger partial charge in [-0.1, -0.05) is 36.8 Å². The maximum absolute atomic E-state index is 12.6. The quantitative estimate of drug-likeness (QED) is 0.771. The predicted molar refractivity (Wildman–Crippen MR) is 100 cm³/mol. The van der Waals surface area contributed by atoms with Gasteiger partial charge in [0.1, 0.15) is 10.7 Å². The summed E-state index contributed by atoms with van der Waals surface area (Å²) in [6.45, 7) is 2.03. The minimum absolute atomic E-state index is 0.282. The molecule has 3 rings (SSSR count). The molecular formula is C19H25N3O2S. The summed E-state index contributed by atoms with van der Waals surface area (Å²) >= 11 is 0. The first-order valence-corrected chi connectivity index (χ1v) is 10.3. The van der Waals surface area contributed by atoms with E-state index in [4.69, 9.17) is 0 Å². The van der Waals surface area contributed by atoms with Crippen molar-refractivity contribution >= 4 is 15.8 Å². The lowest BCUT2D eigenvalue weighted by Crippen LogP contribution is -2.35. The lowest BCUT2D eigenvalue weighted by atomic mass is 10.1. The van der Waals surface area contributed by atoms with E-state index in [0.29, 0.717) is 18.9 Å². The van der Waals surface area contributed by atoms with Gasteiger partial charge in [-0.3, -0.25) is 0 Å². The molecule has 0 atom stereocenters. The molecule has 2 heterocycles. The molecule has 1 aromatic carbocycles. The fourth-order valence-electron chi connectivity index (χ4n) is 3.05. The van der Waals surface area contributed by atoms with E-state index in [0.717, 1.165) is 38.6 Å². The molecule has 0 bridgehead atoms. The van der Waals surface area contributed by atoms with Gasteiger partial charge in [0, 0.05) is 25.8 Å². The first-order chi connectivity index (χ1) is 12.2. The lowest BCUT2D eigenvalue weighted by Gasteiger charge is -2.25. The number of anilines is 1. The van der Waals surface area contributed by atoms with Crippen molar-refractivity contribution in [2.75, 3.05) is 25.0 Å². The number of hydrogen-bond acceptors (Lipinski definition) is 4. The smallest absolute Gasteiger partial charge is 0.244 e. The average Bonchev–Trinajstić information content (AvgIpc) is 2.67. The van der Waals surface area contributed by atoms with E-state index >= 15 is 0 Å². The highest BCUT2D eigenvalue weighted by atomic mass is 32.2. The van der Waals surface area contributed by atoms with Crippen LogP contribution < -0.4 is 5.32 Å². The number of aryl methyl sites for hydroxylation is 1. The Morgan fingerprint density at radius 2 is 1.76 bits per heavy atom. The van der Waals surface area contributed by atoms with Gasteiger partial charge in [0.05, 0.1) is 0 Å². The molecule has 1 N–H and O–H groups in total. The maximum atomic E-state index is 12.6. The molecule has 6 heteroatoms. The Hall–Kier alpha value is -1.92. The van der Waals surface area contributed by atoms with Crippen LogP contribution in [0.5, 0.6) is 0 Å². The van der Waals surface area contributed by atoms with Crippen LogP contribution in [-0.2, 0) is 16.4 Å². The zero-order valence-corrected chi connectivity index (χ0v) is 15.2. The molecule has 0 unspecified atom stereocenters. The van der Waals surface area contributed by atoms with Gasteiger partial charge in [-0.15, -0.1) is 0 Å². The van der Waals surface area contributed by atoms with Crippen molar-refractivity contribution in [1.82, 2.24) is 9.29 Å². The van der Waals surface area contributed by atoms with E-state index in [1.54, 1.807) is 16.4 Å². The van der Waals surface area contributed by atoms with Crippen LogP contribution in [0.4, 0.5) is 5.82 Å². The normalized spacial score (nSPS) is 15.8. The minimum atomic E-state index is -3.40. The number of pyridine rings is 1. The van der Waals surface area contributed by atoms with Crippen molar-refractivity contribution in [2.24, 2.45) is 0 Å². The van der Waals surface area contributed by atoms with Crippen LogP contribution in [0.1, 0.15) is 31.2 Å². The first kappa shape index (κ1) is 17.9. The van der Waals surface area contributed by atoms with E-state index in [1.807, 2.05) is 18.2 Å². The number of piperidine rings is 1. The van der Waals surface area contributed by atoms with Gasteiger partial charge in [0.15, 0.2) is 0 Å². The second-order valence-corrected chi connectivity index (χ2v) is 8.30. The molecule has 2 aromatic rings. The fraction of sp³-hybridized carbons (Fsp3) is 0.421. The van der Waals surface area contributed by atoms with Crippen molar-refractivity contribution in [3.63, 3.8) is 0 Å². The topological polar surface area (TPSA) is 62.3 Å². The van der Waals surface area contributed by atoms with Gasteiger partial charge in [-0.25, -0.2) is 13.4 Å². The van der Waals surface area contributed by atoms with E-state index in [9.17, 15) is 8.42 Å². The van der Waals surface area contributed by atoms with E-state index in [1.165, 1.54) is 11.8 Å². The zero-order valence-electron chi connectivity index (χ0n) is 14.4. The van der Waals surface area contributed by atoms with Crippen LogP contribution in [-0.4, -0.2) is 37.3 Å². The molecule has 1 aliphatic rings. The highest BCUT2D eigenvalue weighted by Gasteiger charge is 2.25. The van der Waals surface area contributed by atoms with Crippen LogP contribution in [0.25, 0.3) is 0 Å². The van der Waals surface area contributed by atoms with Crippen LogP contribution in [0.3, 0.4) is 0 Å². The summed E-state index contributed by atoms with van der Waals surface area (Å²) in [4.78, 5) is 4.55. The molecule has 25 heavy (non-hydrogen) atoms. The minimum Gasteiger partial charge on any atom is -0.370 e. The Morgan fingerprint density at radius 1 is 1.00 bits per heavy atom. The zero-order chi connectivity index (χ0) is 17.5. The molecule has 0 amide bonds. The molecule has 1 aliphatic heterocycles. The van der Waals surface area contributed by atoms with Gasteiger partial charge < -0.3 is 5.32 Å². The van der Waals surface area contributed by atoms with Crippen molar-refractivity contribution in [1.29, 1.82) is 0 Å². The van der Waals surface area contributed by atoms with E-state index in [2.05, 4.69) is 22.4 Å². The maximum Gasteiger partial charge on any atom is 0.244 e. The summed E-state index contributed by atoms with van der Waals surface area (Å²) in [7, 11) is -3.40. The average molecular weight is 359 g/mol. The van der Waals surface area contributed by atoms with Crippen molar-refractivity contribution < 1.29 is 8.42 Å². The first-order valence-electron chi connectivity index (χ1n) is 8.90. The molecular weight excluding hydrogens is 334 g/mol. The third-order valence-electron chi connectivity index (χ3n) is 4.48. The van der Waals surface area contributed by atoms with Crippen LogP contribution in [0.15, 0.2) is 53.6 Å².